The lowest BCUT2D eigenvalue weighted by molar-refractivity contribution is 0.316. The van der Waals surface area contributed by atoms with E-state index in [2.05, 4.69) is 12.1 Å². The van der Waals surface area contributed by atoms with Crippen LogP contribution < -0.4 is 0 Å². The van der Waals surface area contributed by atoms with E-state index in [0.717, 1.165) is 29.9 Å². The van der Waals surface area contributed by atoms with Gasteiger partial charge in [-0.1, -0.05) is 12.1 Å². The molecule has 1 N–H and O–H groups in total. The van der Waals surface area contributed by atoms with Crippen LogP contribution >= 0.6 is 23.5 Å². The van der Waals surface area contributed by atoms with Crippen molar-refractivity contribution >= 4 is 29.2 Å². The van der Waals surface area contributed by atoms with Crippen LogP contribution in [0.1, 0.15) is 13.3 Å². The second-order valence-electron chi connectivity index (χ2n) is 4.16. The van der Waals surface area contributed by atoms with Crippen molar-refractivity contribution in [2.75, 3.05) is 11.5 Å². The highest BCUT2D eigenvalue weighted by atomic mass is 32.2. The minimum atomic E-state index is 0.193. The van der Waals surface area contributed by atoms with E-state index < -0.39 is 0 Å². The van der Waals surface area contributed by atoms with Gasteiger partial charge in [-0.2, -0.15) is 0 Å². The molecule has 1 heterocycles. The minimum absolute atomic E-state index is 0.193. The molecule has 2 nitrogen and oxygen atoms in total. The van der Waals surface area contributed by atoms with Crippen LogP contribution in [0.15, 0.2) is 5.16 Å². The first-order chi connectivity index (χ1) is 6.29. The Balaban J connectivity index is 1.97. The number of thioether (sulfide) groups is 2. The van der Waals surface area contributed by atoms with Crippen LogP contribution in [0.3, 0.4) is 0 Å². The molecule has 3 fully saturated rings. The first kappa shape index (κ1) is 8.48. The van der Waals surface area contributed by atoms with Crippen molar-refractivity contribution in [2.45, 2.75) is 17.4 Å². The molecule has 1 aliphatic heterocycles. The Hall–Kier alpha value is 0.170. The van der Waals surface area contributed by atoms with E-state index in [-0.39, 0.29) is 4.08 Å². The SMILES string of the molecule is C[C@@H]1C2C/C(=N\O)C3(SCCS3)C21. The third kappa shape index (κ3) is 0.911. The van der Waals surface area contributed by atoms with Crippen molar-refractivity contribution in [3.8, 4) is 0 Å². The number of hydrogen-bond donors (Lipinski definition) is 1. The molecule has 13 heavy (non-hydrogen) atoms. The Bertz CT molecular complexity index is 273. The number of rotatable bonds is 0. The Kier molecular flexibility index (Phi) is 1.69. The number of nitrogens with zero attached hydrogens (tertiary/aromatic N) is 1. The molecule has 0 amide bonds. The van der Waals surface area contributed by atoms with Crippen molar-refractivity contribution in [1.29, 1.82) is 0 Å². The Labute approximate surface area is 86.5 Å². The van der Waals surface area contributed by atoms with Gasteiger partial charge >= 0.3 is 0 Å². The molecule has 2 aliphatic carbocycles. The lowest BCUT2D eigenvalue weighted by Crippen LogP contribution is -2.29. The highest BCUT2D eigenvalue weighted by Gasteiger charge is 2.68. The number of hydrogen-bond acceptors (Lipinski definition) is 4. The van der Waals surface area contributed by atoms with Crippen molar-refractivity contribution < 1.29 is 5.21 Å². The van der Waals surface area contributed by atoms with Crippen molar-refractivity contribution in [1.82, 2.24) is 0 Å². The molecule has 0 radical (unpaired) electrons. The molecule has 2 unspecified atom stereocenters. The maximum absolute atomic E-state index is 8.98. The normalized spacial score (nSPS) is 48.7. The zero-order valence-corrected chi connectivity index (χ0v) is 9.20. The minimum Gasteiger partial charge on any atom is -0.411 e. The third-order valence-electron chi connectivity index (χ3n) is 3.67. The van der Waals surface area contributed by atoms with Gasteiger partial charge in [-0.05, 0) is 24.2 Å². The lowest BCUT2D eigenvalue weighted by atomic mass is 10.1. The van der Waals surface area contributed by atoms with E-state index in [1.54, 1.807) is 0 Å². The van der Waals surface area contributed by atoms with Crippen LogP contribution in [0.2, 0.25) is 0 Å². The molecule has 0 aromatic heterocycles. The van der Waals surface area contributed by atoms with Crippen molar-refractivity contribution in [3.63, 3.8) is 0 Å². The molecule has 2 saturated carbocycles. The standard InChI is InChI=1S/C9H13NOS2/c1-5-6-4-7(10-11)9(8(5)6)12-2-3-13-9/h5-6,8,11H,2-4H2,1H3/b10-7+/t5-,6?,8?/m1/s1. The molecular formula is C9H13NOS2. The Morgan fingerprint density at radius 3 is 2.77 bits per heavy atom. The maximum Gasteiger partial charge on any atom is 0.106 e. The van der Waals surface area contributed by atoms with Gasteiger partial charge in [0.2, 0.25) is 0 Å². The summed E-state index contributed by atoms with van der Waals surface area (Å²) in [5.74, 6) is 4.93. The monoisotopic (exact) mass is 215 g/mol. The summed E-state index contributed by atoms with van der Waals surface area (Å²) < 4.78 is 0.193. The molecule has 3 atom stereocenters. The average molecular weight is 215 g/mol. The maximum atomic E-state index is 8.98. The summed E-state index contributed by atoms with van der Waals surface area (Å²) >= 11 is 4.02. The van der Waals surface area contributed by atoms with E-state index in [4.69, 9.17) is 5.21 Å². The molecule has 0 bridgehead atoms. The quantitative estimate of drug-likeness (QED) is 0.497. The summed E-state index contributed by atoms with van der Waals surface area (Å²) in [6, 6.07) is 0. The zero-order chi connectivity index (χ0) is 9.05. The fourth-order valence-electron chi connectivity index (χ4n) is 2.94. The van der Waals surface area contributed by atoms with Crippen LogP contribution in [0, 0.1) is 17.8 Å². The molecule has 1 spiro atoms. The molecule has 3 rings (SSSR count). The van der Waals surface area contributed by atoms with Crippen LogP contribution in [0.5, 0.6) is 0 Å². The second kappa shape index (κ2) is 2.60. The van der Waals surface area contributed by atoms with Gasteiger partial charge in [0.1, 0.15) is 4.08 Å². The zero-order valence-electron chi connectivity index (χ0n) is 7.56. The third-order valence-corrected chi connectivity index (χ3v) is 7.32. The van der Waals surface area contributed by atoms with Crippen molar-refractivity contribution in [2.24, 2.45) is 22.9 Å². The van der Waals surface area contributed by atoms with E-state index in [0.29, 0.717) is 0 Å². The first-order valence-corrected chi connectivity index (χ1v) is 6.76. The second-order valence-corrected chi connectivity index (χ2v) is 7.10. The van der Waals surface area contributed by atoms with E-state index in [1.165, 1.54) is 11.5 Å². The number of fused-ring (bicyclic) bond motifs is 2. The van der Waals surface area contributed by atoms with Gasteiger partial charge in [-0.3, -0.25) is 0 Å². The Morgan fingerprint density at radius 2 is 2.15 bits per heavy atom. The summed E-state index contributed by atoms with van der Waals surface area (Å²) in [6.07, 6.45) is 1.04. The topological polar surface area (TPSA) is 32.6 Å². The van der Waals surface area contributed by atoms with Crippen LogP contribution in [-0.2, 0) is 0 Å². The summed E-state index contributed by atoms with van der Waals surface area (Å²) in [6.45, 7) is 2.34. The van der Waals surface area contributed by atoms with Gasteiger partial charge in [-0.25, -0.2) is 0 Å². The van der Waals surface area contributed by atoms with Crippen LogP contribution in [0.4, 0.5) is 0 Å². The fourth-order valence-corrected chi connectivity index (χ4v) is 6.79. The highest BCUT2D eigenvalue weighted by molar-refractivity contribution is 8.22. The average Bonchev–Trinajstić information content (AvgIpc) is 2.59. The summed E-state index contributed by atoms with van der Waals surface area (Å²) in [7, 11) is 0. The molecule has 1 saturated heterocycles. The molecule has 0 aromatic carbocycles. The predicted octanol–water partition coefficient (Wildman–Crippen LogP) is 2.28. The first-order valence-electron chi connectivity index (χ1n) is 4.79. The summed E-state index contributed by atoms with van der Waals surface area (Å²) in [5, 5.41) is 12.5. The van der Waals surface area contributed by atoms with Crippen molar-refractivity contribution in [3.05, 3.63) is 0 Å². The molecular weight excluding hydrogens is 202 g/mol. The highest BCUT2D eigenvalue weighted by Crippen LogP contribution is 2.70. The Morgan fingerprint density at radius 1 is 1.46 bits per heavy atom. The van der Waals surface area contributed by atoms with E-state index in [9.17, 15) is 0 Å². The van der Waals surface area contributed by atoms with Crippen LogP contribution in [-0.4, -0.2) is 26.5 Å². The molecule has 72 valence electrons. The fraction of sp³-hybridized carbons (Fsp3) is 0.889. The summed E-state index contributed by atoms with van der Waals surface area (Å²) in [5.41, 5.74) is 1.06. The van der Waals surface area contributed by atoms with Crippen LogP contribution in [0.25, 0.3) is 0 Å². The largest absolute Gasteiger partial charge is 0.411 e. The van der Waals surface area contributed by atoms with E-state index >= 15 is 0 Å². The summed E-state index contributed by atoms with van der Waals surface area (Å²) in [4.78, 5) is 0. The van der Waals surface area contributed by atoms with Gasteiger partial charge < -0.3 is 5.21 Å². The van der Waals surface area contributed by atoms with Gasteiger partial charge in [-0.15, -0.1) is 23.5 Å². The lowest BCUT2D eigenvalue weighted by Gasteiger charge is -2.24. The van der Waals surface area contributed by atoms with Gasteiger partial charge in [0, 0.05) is 11.5 Å². The predicted molar refractivity (Wildman–Crippen MR) is 57.6 cm³/mol. The smallest absolute Gasteiger partial charge is 0.106 e. The molecule has 4 heteroatoms. The van der Waals surface area contributed by atoms with Gasteiger partial charge in [0.15, 0.2) is 0 Å². The molecule has 0 aromatic rings. The number of oxime groups is 1. The van der Waals surface area contributed by atoms with E-state index in [1.807, 2.05) is 23.5 Å². The molecule has 3 aliphatic rings. The van der Waals surface area contributed by atoms with Gasteiger partial charge in [0.05, 0.1) is 5.71 Å². The van der Waals surface area contributed by atoms with Gasteiger partial charge in [0.25, 0.3) is 0 Å².